The van der Waals surface area contributed by atoms with Crippen LogP contribution >= 0.6 is 11.3 Å². The molecule has 4 heterocycles. The van der Waals surface area contributed by atoms with Gasteiger partial charge in [0.2, 0.25) is 0 Å². The zero-order valence-electron chi connectivity index (χ0n) is 22.6. The number of benzene rings is 1. The summed E-state index contributed by atoms with van der Waals surface area (Å²) in [6, 6.07) is 14.5. The number of anilines is 2. The Morgan fingerprint density at radius 2 is 1.82 bits per heavy atom. The van der Waals surface area contributed by atoms with Gasteiger partial charge in [0, 0.05) is 18.5 Å². The number of ether oxygens (including phenoxy) is 1. The Hall–Kier alpha value is -3.54. The van der Waals surface area contributed by atoms with Crippen molar-refractivity contribution in [2.45, 2.75) is 51.3 Å². The van der Waals surface area contributed by atoms with Crippen molar-refractivity contribution >= 4 is 35.1 Å². The smallest absolute Gasteiger partial charge is 0.408 e. The van der Waals surface area contributed by atoms with Crippen molar-refractivity contribution in [2.75, 3.05) is 36.8 Å². The molecule has 212 valence electrons. The fraction of sp³-hybridized carbons (Fsp3) is 0.448. The quantitative estimate of drug-likeness (QED) is 0.285. The number of amides is 3. The minimum atomic E-state index is -0.489. The van der Waals surface area contributed by atoms with Crippen molar-refractivity contribution < 1.29 is 14.3 Å². The molecule has 40 heavy (non-hydrogen) atoms. The summed E-state index contributed by atoms with van der Waals surface area (Å²) < 4.78 is 5.48. The van der Waals surface area contributed by atoms with Crippen LogP contribution in [0.1, 0.15) is 54.4 Å². The second kappa shape index (κ2) is 14.2. The van der Waals surface area contributed by atoms with Crippen molar-refractivity contribution in [1.29, 1.82) is 0 Å². The zero-order valence-corrected chi connectivity index (χ0v) is 23.4. The molecule has 2 unspecified atom stereocenters. The topological polar surface area (TPSA) is 121 Å². The number of likely N-dealkylation sites (tertiary alicyclic amines) is 1. The molecule has 1 aromatic carbocycles. The summed E-state index contributed by atoms with van der Waals surface area (Å²) in [6.07, 6.45) is 5.22. The first-order valence-electron chi connectivity index (χ1n) is 14.0. The maximum atomic E-state index is 12.8. The van der Waals surface area contributed by atoms with Gasteiger partial charge in [-0.05, 0) is 68.9 Å². The number of aromatic nitrogens is 2. The van der Waals surface area contributed by atoms with E-state index in [1.54, 1.807) is 11.4 Å². The number of rotatable bonds is 9. The number of carbonyl (C=O) groups is 2. The molecule has 2 aliphatic rings. The molecular formula is C29H37N7O3S. The van der Waals surface area contributed by atoms with Gasteiger partial charge in [0.05, 0.1) is 11.7 Å². The largest absolute Gasteiger partial charge is 0.445 e. The van der Waals surface area contributed by atoms with Crippen LogP contribution in [0.5, 0.6) is 0 Å². The molecule has 0 spiro atoms. The van der Waals surface area contributed by atoms with Crippen LogP contribution in [-0.2, 0) is 17.9 Å². The molecule has 2 aliphatic heterocycles. The van der Waals surface area contributed by atoms with Crippen molar-refractivity contribution in [3.8, 4) is 0 Å². The van der Waals surface area contributed by atoms with Crippen molar-refractivity contribution in [3.63, 3.8) is 0 Å². The Bertz CT molecular complexity index is 1240. The van der Waals surface area contributed by atoms with Gasteiger partial charge in [0.25, 0.3) is 0 Å². The van der Waals surface area contributed by atoms with E-state index in [2.05, 4.69) is 36.1 Å². The fourth-order valence-corrected chi connectivity index (χ4v) is 6.06. The van der Waals surface area contributed by atoms with Gasteiger partial charge in [-0.2, -0.15) is 0 Å². The van der Waals surface area contributed by atoms with E-state index in [9.17, 15) is 9.59 Å². The molecular weight excluding hydrogens is 526 g/mol. The summed E-state index contributed by atoms with van der Waals surface area (Å²) in [5, 5.41) is 14.6. The Morgan fingerprint density at radius 3 is 2.62 bits per heavy atom. The highest BCUT2D eigenvalue weighted by molar-refractivity contribution is 7.10. The number of piperidine rings is 2. The molecule has 5 rings (SSSR count). The summed E-state index contributed by atoms with van der Waals surface area (Å²) in [6.45, 7) is 4.88. The van der Waals surface area contributed by atoms with Crippen LogP contribution in [-0.4, -0.2) is 53.2 Å². The minimum Gasteiger partial charge on any atom is -0.445 e. The summed E-state index contributed by atoms with van der Waals surface area (Å²) in [7, 11) is 0. The molecule has 10 nitrogen and oxygen atoms in total. The van der Waals surface area contributed by atoms with Crippen LogP contribution in [0.3, 0.4) is 0 Å². The molecule has 2 atom stereocenters. The second-order valence-corrected chi connectivity index (χ2v) is 11.2. The van der Waals surface area contributed by atoms with Gasteiger partial charge in [-0.1, -0.05) is 42.8 Å². The SMILES string of the molecule is O=C(Nc1cccc(CN2CCCCC2)n1)Nc1csc(C(NC(=O)OCc2ccccc2)C2CCCNC2)n1. The average molecular weight is 564 g/mol. The normalized spacial score (nSPS) is 18.4. The molecule has 0 radical (unpaired) electrons. The summed E-state index contributed by atoms with van der Waals surface area (Å²) in [5.41, 5.74) is 1.86. The molecule has 2 fully saturated rings. The van der Waals surface area contributed by atoms with Crippen LogP contribution < -0.4 is 21.3 Å². The Balaban J connectivity index is 1.18. The number of carbonyl (C=O) groups excluding carboxylic acids is 2. The van der Waals surface area contributed by atoms with Gasteiger partial charge in [-0.15, -0.1) is 11.3 Å². The predicted octanol–water partition coefficient (Wildman–Crippen LogP) is 5.14. The number of thiazole rings is 1. The first-order valence-corrected chi connectivity index (χ1v) is 14.9. The predicted molar refractivity (Wildman–Crippen MR) is 156 cm³/mol. The molecule has 2 aromatic heterocycles. The molecule has 0 bridgehead atoms. The number of hydrogen-bond acceptors (Lipinski definition) is 8. The Kier molecular flexibility index (Phi) is 9.94. The van der Waals surface area contributed by atoms with E-state index in [0.29, 0.717) is 11.6 Å². The van der Waals surface area contributed by atoms with Gasteiger partial charge < -0.3 is 15.4 Å². The third-order valence-electron chi connectivity index (χ3n) is 7.20. The molecule has 3 aromatic rings. The van der Waals surface area contributed by atoms with Gasteiger partial charge in [0.1, 0.15) is 23.3 Å². The van der Waals surface area contributed by atoms with Crippen LogP contribution in [0.25, 0.3) is 0 Å². The fourth-order valence-electron chi connectivity index (χ4n) is 5.17. The van der Waals surface area contributed by atoms with Gasteiger partial charge in [-0.25, -0.2) is 19.6 Å². The molecule has 3 amide bonds. The van der Waals surface area contributed by atoms with E-state index in [1.165, 1.54) is 30.6 Å². The number of hydrogen-bond donors (Lipinski definition) is 4. The third kappa shape index (κ3) is 8.23. The van der Waals surface area contributed by atoms with Crippen LogP contribution in [0, 0.1) is 5.92 Å². The molecule has 4 N–H and O–H groups in total. The second-order valence-electron chi connectivity index (χ2n) is 10.3. The van der Waals surface area contributed by atoms with Crippen molar-refractivity contribution in [1.82, 2.24) is 25.5 Å². The van der Waals surface area contributed by atoms with E-state index in [0.717, 1.165) is 61.8 Å². The summed E-state index contributed by atoms with van der Waals surface area (Å²) in [5.74, 6) is 1.09. The Morgan fingerprint density at radius 1 is 1.00 bits per heavy atom. The number of urea groups is 1. The third-order valence-corrected chi connectivity index (χ3v) is 8.13. The van der Waals surface area contributed by atoms with E-state index < -0.39 is 12.1 Å². The lowest BCUT2D eigenvalue weighted by atomic mass is 9.92. The molecule has 0 saturated carbocycles. The molecule has 2 saturated heterocycles. The van der Waals surface area contributed by atoms with Gasteiger partial charge in [0.15, 0.2) is 0 Å². The van der Waals surface area contributed by atoms with Crippen LogP contribution in [0.4, 0.5) is 21.2 Å². The van der Waals surface area contributed by atoms with Gasteiger partial charge >= 0.3 is 12.1 Å². The monoisotopic (exact) mass is 563 g/mol. The van der Waals surface area contributed by atoms with Gasteiger partial charge in [-0.3, -0.25) is 15.5 Å². The highest BCUT2D eigenvalue weighted by atomic mass is 32.1. The zero-order chi connectivity index (χ0) is 27.6. The molecule has 0 aliphatic carbocycles. The first kappa shape index (κ1) is 28.0. The summed E-state index contributed by atoms with van der Waals surface area (Å²) >= 11 is 1.41. The number of nitrogens with zero attached hydrogens (tertiary/aromatic N) is 3. The van der Waals surface area contributed by atoms with Crippen LogP contribution in [0.2, 0.25) is 0 Å². The first-order chi connectivity index (χ1) is 19.6. The lowest BCUT2D eigenvalue weighted by Gasteiger charge is -2.29. The minimum absolute atomic E-state index is 0.165. The maximum Gasteiger partial charge on any atom is 0.408 e. The lowest BCUT2D eigenvalue weighted by Crippen LogP contribution is -2.41. The lowest BCUT2D eigenvalue weighted by molar-refractivity contribution is 0.129. The van der Waals surface area contributed by atoms with E-state index in [1.807, 2.05) is 42.5 Å². The van der Waals surface area contributed by atoms with E-state index in [4.69, 9.17) is 4.74 Å². The average Bonchev–Trinajstić information content (AvgIpc) is 3.44. The van der Waals surface area contributed by atoms with E-state index >= 15 is 0 Å². The Labute approximate surface area is 238 Å². The standard InChI is InChI=1S/C29H37N7O3S/c37-28(33-24-13-7-12-23(31-24)18-36-15-5-2-6-16-36)34-25-20-40-27(32-25)26(22-11-8-14-30-17-22)35-29(38)39-19-21-9-3-1-4-10-21/h1,3-4,7,9-10,12-13,20,22,26,30H,2,5-6,8,11,14-19H2,(H,35,38)(H2,31,33,34,37). The maximum absolute atomic E-state index is 12.8. The van der Waals surface area contributed by atoms with Crippen molar-refractivity contribution in [3.05, 3.63) is 70.2 Å². The summed E-state index contributed by atoms with van der Waals surface area (Å²) in [4.78, 5) is 37.1. The number of pyridine rings is 1. The van der Waals surface area contributed by atoms with E-state index in [-0.39, 0.29) is 18.6 Å². The number of nitrogens with one attached hydrogen (secondary N) is 4. The van der Waals surface area contributed by atoms with Crippen molar-refractivity contribution in [2.24, 2.45) is 5.92 Å². The highest BCUT2D eigenvalue weighted by Crippen LogP contribution is 2.31. The number of alkyl carbamates (subject to hydrolysis) is 1. The molecule has 11 heteroatoms. The van der Waals surface area contributed by atoms with Crippen LogP contribution in [0.15, 0.2) is 53.9 Å². The highest BCUT2D eigenvalue weighted by Gasteiger charge is 2.29.